The van der Waals surface area contributed by atoms with Crippen LogP contribution in [0.15, 0.2) is 42.6 Å². The van der Waals surface area contributed by atoms with Crippen molar-refractivity contribution >= 4 is 16.9 Å². The molecule has 5 heteroatoms. The molecule has 0 bridgehead atoms. The highest BCUT2D eigenvalue weighted by molar-refractivity contribution is 5.87. The summed E-state index contributed by atoms with van der Waals surface area (Å²) < 4.78 is 5.92. The lowest BCUT2D eigenvalue weighted by molar-refractivity contribution is -0.127. The van der Waals surface area contributed by atoms with E-state index in [1.807, 2.05) is 36.1 Å². The molecule has 22 heavy (non-hydrogen) atoms. The minimum absolute atomic E-state index is 0.0754. The molecule has 0 radical (unpaired) electrons. The summed E-state index contributed by atoms with van der Waals surface area (Å²) >= 11 is 0. The highest BCUT2D eigenvalue weighted by atomic mass is 16.5. The predicted octanol–water partition coefficient (Wildman–Crippen LogP) is 2.58. The Bertz CT molecular complexity index is 691. The lowest BCUT2D eigenvalue weighted by Gasteiger charge is -2.31. The first-order valence-corrected chi connectivity index (χ1v) is 7.56. The molecule has 3 rings (SSSR count). The molecule has 0 saturated carbocycles. The SMILES string of the molecule is C/C=C/C(=O)N1CCC(Oc2cnc3ccccc3n2)CC1. The molecular weight excluding hydrogens is 278 g/mol. The quantitative estimate of drug-likeness (QED) is 0.817. The van der Waals surface area contributed by atoms with E-state index < -0.39 is 0 Å². The Morgan fingerprint density at radius 3 is 2.73 bits per heavy atom. The van der Waals surface area contributed by atoms with Gasteiger partial charge >= 0.3 is 0 Å². The largest absolute Gasteiger partial charge is 0.473 e. The van der Waals surface area contributed by atoms with E-state index in [0.717, 1.165) is 37.0 Å². The van der Waals surface area contributed by atoms with E-state index in [9.17, 15) is 4.79 Å². The number of hydrogen-bond acceptors (Lipinski definition) is 4. The fraction of sp³-hybridized carbons (Fsp3) is 0.353. The average Bonchev–Trinajstić information content (AvgIpc) is 2.56. The number of carbonyl (C=O) groups is 1. The fourth-order valence-corrected chi connectivity index (χ4v) is 2.61. The molecule has 5 nitrogen and oxygen atoms in total. The zero-order chi connectivity index (χ0) is 15.4. The summed E-state index contributed by atoms with van der Waals surface area (Å²) in [6.45, 7) is 3.29. The number of likely N-dealkylation sites (tertiary alicyclic amines) is 1. The first-order chi connectivity index (χ1) is 10.8. The van der Waals surface area contributed by atoms with Crippen molar-refractivity contribution in [2.24, 2.45) is 0 Å². The summed E-state index contributed by atoms with van der Waals surface area (Å²) in [6, 6.07) is 7.73. The van der Waals surface area contributed by atoms with Gasteiger partial charge in [-0.1, -0.05) is 18.2 Å². The Balaban J connectivity index is 1.61. The van der Waals surface area contributed by atoms with E-state index in [1.54, 1.807) is 18.3 Å². The molecule has 1 aromatic heterocycles. The summed E-state index contributed by atoms with van der Waals surface area (Å²) in [5.74, 6) is 0.628. The van der Waals surface area contributed by atoms with Gasteiger partial charge in [-0.25, -0.2) is 9.97 Å². The molecule has 1 amide bonds. The number of para-hydroxylation sites is 2. The van der Waals surface area contributed by atoms with Crippen molar-refractivity contribution < 1.29 is 9.53 Å². The molecule has 1 aliphatic rings. The van der Waals surface area contributed by atoms with E-state index in [2.05, 4.69) is 9.97 Å². The second-order valence-electron chi connectivity index (χ2n) is 5.34. The third-order valence-electron chi connectivity index (χ3n) is 3.78. The van der Waals surface area contributed by atoms with Crippen LogP contribution < -0.4 is 4.74 Å². The minimum Gasteiger partial charge on any atom is -0.473 e. The van der Waals surface area contributed by atoms with E-state index >= 15 is 0 Å². The van der Waals surface area contributed by atoms with Crippen molar-refractivity contribution in [3.05, 3.63) is 42.6 Å². The second kappa shape index (κ2) is 6.56. The zero-order valence-electron chi connectivity index (χ0n) is 12.6. The van der Waals surface area contributed by atoms with Gasteiger partial charge in [0.1, 0.15) is 6.10 Å². The van der Waals surface area contributed by atoms with Gasteiger partial charge in [-0.05, 0) is 25.1 Å². The van der Waals surface area contributed by atoms with Crippen LogP contribution in [0.25, 0.3) is 11.0 Å². The molecule has 1 saturated heterocycles. The maximum Gasteiger partial charge on any atom is 0.246 e. The van der Waals surface area contributed by atoms with E-state index in [0.29, 0.717) is 5.88 Å². The van der Waals surface area contributed by atoms with Crippen LogP contribution in [0, 0.1) is 0 Å². The topological polar surface area (TPSA) is 55.3 Å². The number of fused-ring (bicyclic) bond motifs is 1. The number of carbonyl (C=O) groups excluding carboxylic acids is 1. The van der Waals surface area contributed by atoms with E-state index in [4.69, 9.17) is 4.74 Å². The van der Waals surface area contributed by atoms with E-state index in [1.165, 1.54) is 0 Å². The maximum absolute atomic E-state index is 11.8. The number of allylic oxidation sites excluding steroid dienone is 1. The van der Waals surface area contributed by atoms with Crippen molar-refractivity contribution in [1.29, 1.82) is 0 Å². The van der Waals surface area contributed by atoms with E-state index in [-0.39, 0.29) is 12.0 Å². The summed E-state index contributed by atoms with van der Waals surface area (Å²) in [5, 5.41) is 0. The molecule has 1 fully saturated rings. The van der Waals surface area contributed by atoms with Crippen LogP contribution in [0.1, 0.15) is 19.8 Å². The summed E-state index contributed by atoms with van der Waals surface area (Å²) in [6.07, 6.45) is 6.77. The number of nitrogens with zero attached hydrogens (tertiary/aromatic N) is 3. The number of ether oxygens (including phenoxy) is 1. The second-order valence-corrected chi connectivity index (χ2v) is 5.34. The van der Waals surface area contributed by atoms with Crippen LogP contribution in [-0.2, 0) is 4.79 Å². The van der Waals surface area contributed by atoms with Crippen LogP contribution in [0.5, 0.6) is 5.88 Å². The van der Waals surface area contributed by atoms with Gasteiger partial charge in [-0.3, -0.25) is 4.79 Å². The minimum atomic E-state index is 0.0754. The molecule has 0 atom stereocenters. The zero-order valence-corrected chi connectivity index (χ0v) is 12.6. The third kappa shape index (κ3) is 3.24. The van der Waals surface area contributed by atoms with Gasteiger partial charge in [0.15, 0.2) is 0 Å². The Labute approximate surface area is 129 Å². The molecule has 2 aromatic rings. The highest BCUT2D eigenvalue weighted by Gasteiger charge is 2.23. The normalized spacial score (nSPS) is 16.3. The van der Waals surface area contributed by atoms with Gasteiger partial charge in [-0.2, -0.15) is 0 Å². The lowest BCUT2D eigenvalue weighted by atomic mass is 10.1. The van der Waals surface area contributed by atoms with Crippen LogP contribution in [0.4, 0.5) is 0 Å². The number of hydrogen-bond donors (Lipinski definition) is 0. The Kier molecular flexibility index (Phi) is 4.32. The van der Waals surface area contributed by atoms with Crippen LogP contribution in [0.2, 0.25) is 0 Å². The molecule has 0 aliphatic carbocycles. The van der Waals surface area contributed by atoms with Gasteiger partial charge in [0.2, 0.25) is 11.8 Å². The van der Waals surface area contributed by atoms with Crippen molar-refractivity contribution in [3.8, 4) is 5.88 Å². The van der Waals surface area contributed by atoms with Gasteiger partial charge in [-0.15, -0.1) is 0 Å². The molecule has 114 valence electrons. The smallest absolute Gasteiger partial charge is 0.246 e. The summed E-state index contributed by atoms with van der Waals surface area (Å²) in [5.41, 5.74) is 1.70. The van der Waals surface area contributed by atoms with Gasteiger partial charge in [0, 0.05) is 25.9 Å². The van der Waals surface area contributed by atoms with Gasteiger partial charge in [0.25, 0.3) is 0 Å². The predicted molar refractivity (Wildman–Crippen MR) is 84.6 cm³/mol. The van der Waals surface area contributed by atoms with Crippen molar-refractivity contribution in [1.82, 2.24) is 14.9 Å². The number of piperidine rings is 1. The third-order valence-corrected chi connectivity index (χ3v) is 3.78. The molecule has 0 spiro atoms. The summed E-state index contributed by atoms with van der Waals surface area (Å²) in [4.78, 5) is 22.5. The van der Waals surface area contributed by atoms with Gasteiger partial charge in [0.05, 0.1) is 17.2 Å². The van der Waals surface area contributed by atoms with Gasteiger partial charge < -0.3 is 9.64 Å². The van der Waals surface area contributed by atoms with Crippen molar-refractivity contribution in [2.45, 2.75) is 25.9 Å². The molecule has 1 aromatic carbocycles. The number of aromatic nitrogens is 2. The molecule has 0 unspecified atom stereocenters. The van der Waals surface area contributed by atoms with Crippen LogP contribution in [-0.4, -0.2) is 40.0 Å². The molecule has 2 heterocycles. The first kappa shape index (κ1) is 14.5. The Hall–Kier alpha value is -2.43. The van der Waals surface area contributed by atoms with Crippen LogP contribution in [0.3, 0.4) is 0 Å². The molecule has 1 aliphatic heterocycles. The number of amides is 1. The molecule has 0 N–H and O–H groups in total. The lowest BCUT2D eigenvalue weighted by Crippen LogP contribution is -2.41. The number of rotatable bonds is 3. The van der Waals surface area contributed by atoms with Crippen LogP contribution >= 0.6 is 0 Å². The number of benzene rings is 1. The highest BCUT2D eigenvalue weighted by Crippen LogP contribution is 2.19. The van der Waals surface area contributed by atoms with Crippen molar-refractivity contribution in [3.63, 3.8) is 0 Å². The average molecular weight is 297 g/mol. The monoisotopic (exact) mass is 297 g/mol. The summed E-state index contributed by atoms with van der Waals surface area (Å²) in [7, 11) is 0. The molecular formula is C17H19N3O2. The Morgan fingerprint density at radius 2 is 2.00 bits per heavy atom. The van der Waals surface area contributed by atoms with Crippen molar-refractivity contribution in [2.75, 3.05) is 13.1 Å². The standard InChI is InChI=1S/C17H19N3O2/c1-2-5-17(21)20-10-8-13(9-11-20)22-16-12-18-14-6-3-4-7-15(14)19-16/h2-7,12-13H,8-11H2,1H3/b5-2+. The maximum atomic E-state index is 11.8. The fourth-order valence-electron chi connectivity index (χ4n) is 2.61. The Morgan fingerprint density at radius 1 is 1.27 bits per heavy atom. The first-order valence-electron chi connectivity index (χ1n) is 7.56.